The fourth-order valence-corrected chi connectivity index (χ4v) is 4.59. The van der Waals surface area contributed by atoms with Gasteiger partial charge < -0.3 is 5.73 Å². The summed E-state index contributed by atoms with van der Waals surface area (Å²) < 4.78 is 40.2. The van der Waals surface area contributed by atoms with Crippen molar-refractivity contribution in [1.29, 1.82) is 0 Å². The summed E-state index contributed by atoms with van der Waals surface area (Å²) >= 11 is 0. The van der Waals surface area contributed by atoms with E-state index in [1.807, 2.05) is 6.92 Å². The maximum atomic E-state index is 13.7. The van der Waals surface area contributed by atoms with E-state index >= 15 is 0 Å². The zero-order chi connectivity index (χ0) is 17.3. The van der Waals surface area contributed by atoms with Crippen LogP contribution in [0.4, 0.5) is 4.39 Å². The maximum absolute atomic E-state index is 13.7. The summed E-state index contributed by atoms with van der Waals surface area (Å²) in [5.41, 5.74) is 5.31. The summed E-state index contributed by atoms with van der Waals surface area (Å²) in [7, 11) is -3.75. The highest BCUT2D eigenvalue weighted by atomic mass is 32.2. The Labute approximate surface area is 136 Å². The van der Waals surface area contributed by atoms with Crippen LogP contribution in [0, 0.1) is 18.2 Å². The van der Waals surface area contributed by atoms with Crippen LogP contribution < -0.4 is 5.73 Å². The van der Waals surface area contributed by atoms with Crippen LogP contribution in [0.25, 0.3) is 0 Å². The van der Waals surface area contributed by atoms with Crippen molar-refractivity contribution in [2.24, 2.45) is 11.1 Å². The second-order valence-corrected chi connectivity index (χ2v) is 8.15. The fraction of sp³-hybridized carbons (Fsp3) is 0.562. The van der Waals surface area contributed by atoms with Crippen molar-refractivity contribution in [3.8, 4) is 0 Å². The van der Waals surface area contributed by atoms with Gasteiger partial charge in [0.05, 0.1) is 10.3 Å². The monoisotopic (exact) mass is 342 g/mol. The number of hydrogen-bond acceptors (Lipinski definition) is 3. The number of halogens is 1. The minimum atomic E-state index is -3.75. The number of aryl methyl sites for hydroxylation is 1. The molecule has 0 atom stereocenters. The molecule has 1 aliphatic heterocycles. The lowest BCUT2D eigenvalue weighted by molar-refractivity contribution is -0.130. The second kappa shape index (κ2) is 6.57. The summed E-state index contributed by atoms with van der Waals surface area (Å²) in [5.74, 6) is -0.904. The van der Waals surface area contributed by atoms with E-state index in [1.165, 1.54) is 16.4 Å². The predicted octanol–water partition coefficient (Wildman–Crippen LogP) is 2.19. The van der Waals surface area contributed by atoms with Gasteiger partial charge in [-0.1, -0.05) is 19.4 Å². The van der Waals surface area contributed by atoms with E-state index in [1.54, 1.807) is 6.92 Å². The number of benzene rings is 1. The van der Waals surface area contributed by atoms with E-state index in [4.69, 9.17) is 5.73 Å². The largest absolute Gasteiger partial charge is 0.369 e. The molecule has 1 saturated heterocycles. The molecule has 0 unspecified atom stereocenters. The average Bonchev–Trinajstić information content (AvgIpc) is 2.50. The lowest BCUT2D eigenvalue weighted by Crippen LogP contribution is -2.48. The first-order valence-corrected chi connectivity index (χ1v) is 9.23. The molecule has 1 heterocycles. The Bertz CT molecular complexity index is 695. The SMILES string of the molecule is CCCC1(C(N)=O)CCN(S(=O)(=O)c2ccc(C)c(F)c2)CC1. The minimum absolute atomic E-state index is 0.0531. The number of rotatable bonds is 5. The van der Waals surface area contributed by atoms with Crippen molar-refractivity contribution in [3.05, 3.63) is 29.6 Å². The van der Waals surface area contributed by atoms with Crippen molar-refractivity contribution < 1.29 is 17.6 Å². The topological polar surface area (TPSA) is 80.5 Å². The molecular formula is C16H23FN2O3S. The van der Waals surface area contributed by atoms with E-state index in [0.29, 0.717) is 24.8 Å². The molecule has 128 valence electrons. The number of carbonyl (C=O) groups is 1. The molecule has 0 spiro atoms. The number of nitrogens with zero attached hydrogens (tertiary/aromatic N) is 1. The number of amides is 1. The zero-order valence-corrected chi connectivity index (χ0v) is 14.3. The molecule has 1 amide bonds. The molecule has 2 rings (SSSR count). The lowest BCUT2D eigenvalue weighted by atomic mass is 9.75. The van der Waals surface area contributed by atoms with E-state index < -0.39 is 21.3 Å². The van der Waals surface area contributed by atoms with E-state index in [9.17, 15) is 17.6 Å². The normalized spacial score (nSPS) is 18.7. The van der Waals surface area contributed by atoms with E-state index in [-0.39, 0.29) is 23.9 Å². The number of primary amides is 1. The summed E-state index contributed by atoms with van der Waals surface area (Å²) in [6, 6.07) is 3.92. The Morgan fingerprint density at radius 3 is 2.43 bits per heavy atom. The predicted molar refractivity (Wildman–Crippen MR) is 85.7 cm³/mol. The Morgan fingerprint density at radius 2 is 1.96 bits per heavy atom. The third-order valence-electron chi connectivity index (χ3n) is 4.71. The van der Waals surface area contributed by atoms with Gasteiger partial charge in [-0.05, 0) is 43.9 Å². The highest BCUT2D eigenvalue weighted by molar-refractivity contribution is 7.89. The molecule has 23 heavy (non-hydrogen) atoms. The van der Waals surface area contributed by atoms with Crippen molar-refractivity contribution in [2.75, 3.05) is 13.1 Å². The lowest BCUT2D eigenvalue weighted by Gasteiger charge is -2.39. The van der Waals surface area contributed by atoms with Crippen LogP contribution in [0.3, 0.4) is 0 Å². The van der Waals surface area contributed by atoms with Gasteiger partial charge in [-0.25, -0.2) is 12.8 Å². The molecule has 0 bridgehead atoms. The van der Waals surface area contributed by atoms with Crippen molar-refractivity contribution in [3.63, 3.8) is 0 Å². The molecule has 5 nitrogen and oxygen atoms in total. The van der Waals surface area contributed by atoms with Crippen LogP contribution in [0.1, 0.15) is 38.2 Å². The van der Waals surface area contributed by atoms with E-state index in [2.05, 4.69) is 0 Å². The summed E-state index contributed by atoms with van der Waals surface area (Å²) in [5, 5.41) is 0. The third-order valence-corrected chi connectivity index (χ3v) is 6.61. The molecule has 0 aromatic heterocycles. The zero-order valence-electron chi connectivity index (χ0n) is 13.5. The van der Waals surface area contributed by atoms with Crippen LogP contribution in [-0.4, -0.2) is 31.7 Å². The maximum Gasteiger partial charge on any atom is 0.243 e. The fourth-order valence-electron chi connectivity index (χ4n) is 3.14. The van der Waals surface area contributed by atoms with Crippen LogP contribution in [0.5, 0.6) is 0 Å². The Hall–Kier alpha value is -1.47. The van der Waals surface area contributed by atoms with Gasteiger partial charge in [-0.2, -0.15) is 4.31 Å². The number of sulfonamides is 1. The van der Waals surface area contributed by atoms with Gasteiger partial charge >= 0.3 is 0 Å². The molecular weight excluding hydrogens is 319 g/mol. The number of carbonyl (C=O) groups excluding carboxylic acids is 1. The smallest absolute Gasteiger partial charge is 0.243 e. The van der Waals surface area contributed by atoms with Gasteiger partial charge in [-0.15, -0.1) is 0 Å². The number of nitrogens with two attached hydrogens (primary N) is 1. The molecule has 1 fully saturated rings. The molecule has 0 aliphatic carbocycles. The molecule has 7 heteroatoms. The average molecular weight is 342 g/mol. The van der Waals surface area contributed by atoms with Crippen LogP contribution >= 0.6 is 0 Å². The summed E-state index contributed by atoms with van der Waals surface area (Å²) in [6.07, 6.45) is 2.29. The van der Waals surface area contributed by atoms with Crippen molar-refractivity contribution in [2.45, 2.75) is 44.4 Å². The standard InChI is InChI=1S/C16H23FN2O3S/c1-3-6-16(15(18)20)7-9-19(10-8-16)23(21,22)13-5-4-12(2)14(17)11-13/h4-5,11H,3,6-10H2,1-2H3,(H2,18,20). The van der Waals surface area contributed by atoms with Gasteiger partial charge in [0, 0.05) is 13.1 Å². The quantitative estimate of drug-likeness (QED) is 0.890. The molecule has 0 radical (unpaired) electrons. The first-order chi connectivity index (χ1) is 10.7. The van der Waals surface area contributed by atoms with Crippen molar-refractivity contribution in [1.82, 2.24) is 4.31 Å². The van der Waals surface area contributed by atoms with Gasteiger partial charge in [0.2, 0.25) is 15.9 Å². The Morgan fingerprint density at radius 1 is 1.35 bits per heavy atom. The number of piperidine rings is 1. The van der Waals surface area contributed by atoms with Gasteiger partial charge in [0.15, 0.2) is 0 Å². The van der Waals surface area contributed by atoms with Crippen molar-refractivity contribution >= 4 is 15.9 Å². The van der Waals surface area contributed by atoms with Gasteiger partial charge in [0.25, 0.3) is 0 Å². The Kier molecular flexibility index (Phi) is 5.10. The van der Waals surface area contributed by atoms with Crippen LogP contribution in [0.2, 0.25) is 0 Å². The second-order valence-electron chi connectivity index (χ2n) is 6.21. The first-order valence-electron chi connectivity index (χ1n) is 7.79. The number of hydrogen-bond donors (Lipinski definition) is 1. The van der Waals surface area contributed by atoms with Gasteiger partial charge in [-0.3, -0.25) is 4.79 Å². The molecule has 1 aromatic rings. The Balaban J connectivity index is 2.21. The molecule has 2 N–H and O–H groups in total. The molecule has 1 aliphatic rings. The third kappa shape index (κ3) is 3.40. The van der Waals surface area contributed by atoms with Crippen LogP contribution in [-0.2, 0) is 14.8 Å². The first kappa shape index (κ1) is 17.9. The van der Waals surface area contributed by atoms with Crippen LogP contribution in [0.15, 0.2) is 23.1 Å². The molecule has 1 aromatic carbocycles. The molecule has 0 saturated carbocycles. The minimum Gasteiger partial charge on any atom is -0.369 e. The summed E-state index contributed by atoms with van der Waals surface area (Å²) in [4.78, 5) is 11.7. The van der Waals surface area contributed by atoms with Gasteiger partial charge in [0.1, 0.15) is 5.82 Å². The summed E-state index contributed by atoms with van der Waals surface area (Å²) in [6.45, 7) is 4.00. The van der Waals surface area contributed by atoms with E-state index in [0.717, 1.165) is 12.5 Å². The highest BCUT2D eigenvalue weighted by Crippen LogP contribution is 2.37. The highest BCUT2D eigenvalue weighted by Gasteiger charge is 2.41.